The molecule has 4 aliphatic rings. The number of benzene rings is 4. The van der Waals surface area contributed by atoms with Crippen LogP contribution in [0.4, 0.5) is 0 Å². The summed E-state index contributed by atoms with van der Waals surface area (Å²) in [5.41, 5.74) is 5.82. The summed E-state index contributed by atoms with van der Waals surface area (Å²) in [5.74, 6) is 3.72. The van der Waals surface area contributed by atoms with Gasteiger partial charge in [-0.15, -0.1) is 0 Å². The molecule has 9 rings (SSSR count). The van der Waals surface area contributed by atoms with E-state index in [2.05, 4.69) is 84.4 Å². The first kappa shape index (κ1) is 35.7. The number of rotatable bonds is 17. The van der Waals surface area contributed by atoms with Gasteiger partial charge in [-0.2, -0.15) is 4.57 Å². The van der Waals surface area contributed by atoms with Gasteiger partial charge in [0.25, 0.3) is 0 Å². The number of nitrogens with zero attached hydrogens (tertiary/aromatic N) is 1. The van der Waals surface area contributed by atoms with Gasteiger partial charge in [-0.3, -0.25) is 4.79 Å². The minimum Gasteiger partial charge on any atom is -0.491 e. The number of hydrogen-bond donors (Lipinski definition) is 0. The van der Waals surface area contributed by atoms with Gasteiger partial charge < -0.3 is 23.7 Å². The molecule has 5 aromatic rings. The van der Waals surface area contributed by atoms with Crippen molar-refractivity contribution in [1.82, 2.24) is 0 Å². The van der Waals surface area contributed by atoms with Crippen molar-refractivity contribution in [2.45, 2.75) is 51.4 Å². The molecule has 0 unspecified atom stereocenters. The lowest BCUT2D eigenvalue weighted by Gasteiger charge is -2.55. The topological polar surface area (TPSA) is 67.1 Å². The van der Waals surface area contributed by atoms with Crippen LogP contribution < -0.4 is 14.0 Å². The summed E-state index contributed by atoms with van der Waals surface area (Å²) in [4.78, 5) is 13.2. The van der Waals surface area contributed by atoms with Crippen molar-refractivity contribution in [2.75, 3.05) is 46.2 Å². The monoisotopic (exact) mass is 714 g/mol. The van der Waals surface area contributed by atoms with Gasteiger partial charge in [0.15, 0.2) is 0 Å². The first-order valence-electron chi connectivity index (χ1n) is 19.6. The lowest BCUT2D eigenvalue weighted by Crippen LogP contribution is -2.51. The molecule has 7 heteroatoms. The largest absolute Gasteiger partial charge is 0.491 e. The molecule has 0 spiro atoms. The van der Waals surface area contributed by atoms with Crippen LogP contribution in [-0.4, -0.2) is 52.2 Å². The number of ether oxygens (including phenoxy) is 5. The Bertz CT molecular complexity index is 1910. The summed E-state index contributed by atoms with van der Waals surface area (Å²) in [6, 6.07) is 33.5. The second kappa shape index (κ2) is 16.4. The van der Waals surface area contributed by atoms with Gasteiger partial charge in [0.1, 0.15) is 25.2 Å². The van der Waals surface area contributed by atoms with Crippen LogP contribution in [0.1, 0.15) is 50.5 Å². The van der Waals surface area contributed by atoms with E-state index in [0.717, 1.165) is 55.6 Å². The molecule has 0 radical (unpaired) electrons. The van der Waals surface area contributed by atoms with E-state index in [0.29, 0.717) is 52.0 Å². The Hall–Kier alpha value is -4.30. The first-order valence-corrected chi connectivity index (χ1v) is 19.6. The van der Waals surface area contributed by atoms with Crippen LogP contribution in [0.25, 0.3) is 32.9 Å². The van der Waals surface area contributed by atoms with E-state index in [1.54, 1.807) is 0 Å². The molecule has 7 nitrogen and oxygen atoms in total. The highest BCUT2D eigenvalue weighted by Gasteiger charge is 2.55. The molecule has 0 aliphatic heterocycles. The molecular weight excluding hydrogens is 663 g/mol. The molecule has 0 amide bonds. The summed E-state index contributed by atoms with van der Waals surface area (Å²) in [5, 5.41) is 2.46. The molecule has 1 heterocycles. The number of hydrogen-bond acceptors (Lipinski definition) is 6. The molecule has 0 saturated heterocycles. The van der Waals surface area contributed by atoms with Gasteiger partial charge in [0.05, 0.1) is 49.2 Å². The fraction of sp³-hybridized carbons (Fsp3) is 0.435. The quantitative estimate of drug-likeness (QED) is 0.0316. The average Bonchev–Trinajstić information content (AvgIpc) is 3.17. The summed E-state index contributed by atoms with van der Waals surface area (Å²) in [6.07, 6.45) is 8.93. The minimum atomic E-state index is -0.221. The third-order valence-electron chi connectivity index (χ3n) is 11.8. The Balaban J connectivity index is 0.670. The molecule has 0 atom stereocenters. The van der Waals surface area contributed by atoms with Crippen molar-refractivity contribution in [2.24, 2.45) is 30.2 Å². The van der Waals surface area contributed by atoms with Crippen LogP contribution >= 0.6 is 0 Å². The van der Waals surface area contributed by atoms with Crippen molar-refractivity contribution < 1.29 is 33.0 Å². The van der Waals surface area contributed by atoms with E-state index in [1.165, 1.54) is 57.8 Å². The summed E-state index contributed by atoms with van der Waals surface area (Å²) < 4.78 is 31.3. The van der Waals surface area contributed by atoms with E-state index >= 15 is 0 Å². The molecule has 1 aromatic heterocycles. The highest BCUT2D eigenvalue weighted by Crippen LogP contribution is 2.60. The fourth-order valence-electron chi connectivity index (χ4n) is 9.70. The molecule has 4 aliphatic carbocycles. The number of pyridine rings is 1. The van der Waals surface area contributed by atoms with Gasteiger partial charge in [0.2, 0.25) is 11.0 Å². The van der Waals surface area contributed by atoms with Crippen molar-refractivity contribution in [1.29, 1.82) is 0 Å². The SMILES string of the molecule is C[n+]1c2ccccc2c(-c2ccc(OCCOCCOCCOCCCc3ccc(OC(=O)C45CC6CC(CC(C6)C4)C5)cc3)cc2)c2ccccc21. The number of esters is 1. The Labute approximate surface area is 313 Å². The third-order valence-corrected chi connectivity index (χ3v) is 11.8. The zero-order chi connectivity index (χ0) is 36.0. The number of aryl methyl sites for hydroxylation is 2. The molecule has 4 saturated carbocycles. The number of para-hydroxylation sites is 2. The van der Waals surface area contributed by atoms with Crippen molar-refractivity contribution in [3.8, 4) is 22.6 Å². The van der Waals surface area contributed by atoms with Crippen LogP contribution in [0.15, 0.2) is 97.1 Å². The highest BCUT2D eigenvalue weighted by atomic mass is 16.6. The Morgan fingerprint density at radius 1 is 0.623 bits per heavy atom. The maximum atomic E-state index is 13.2. The van der Waals surface area contributed by atoms with Gasteiger partial charge in [0, 0.05) is 24.3 Å². The van der Waals surface area contributed by atoms with E-state index in [-0.39, 0.29) is 11.4 Å². The van der Waals surface area contributed by atoms with Crippen molar-refractivity contribution in [3.63, 3.8) is 0 Å². The van der Waals surface area contributed by atoms with Crippen molar-refractivity contribution in [3.05, 3.63) is 103 Å². The van der Waals surface area contributed by atoms with Crippen molar-refractivity contribution >= 4 is 27.8 Å². The van der Waals surface area contributed by atoms with E-state index in [4.69, 9.17) is 23.7 Å². The highest BCUT2D eigenvalue weighted by molar-refractivity contribution is 6.07. The number of carbonyl (C=O) groups is 1. The van der Waals surface area contributed by atoms with Gasteiger partial charge in [-0.1, -0.05) is 48.5 Å². The maximum Gasteiger partial charge on any atom is 0.317 e. The molecule has 0 N–H and O–H groups in total. The van der Waals surface area contributed by atoms with Gasteiger partial charge >= 0.3 is 5.97 Å². The molecular formula is C46H52NO6+. The number of carbonyl (C=O) groups excluding carboxylic acids is 1. The van der Waals surface area contributed by atoms with E-state index < -0.39 is 0 Å². The van der Waals surface area contributed by atoms with Gasteiger partial charge in [-0.05, 0) is 117 Å². The lowest BCUT2D eigenvalue weighted by atomic mass is 9.49. The van der Waals surface area contributed by atoms with Crippen LogP contribution in [0, 0.1) is 23.2 Å². The Morgan fingerprint density at radius 2 is 1.13 bits per heavy atom. The maximum absolute atomic E-state index is 13.2. The standard InChI is InChI=1S/C46H52NO6/c1-47-42-10-4-2-8-40(42)44(41-9-3-5-11-43(41)47)37-14-18-38(19-15-37)52-26-25-51-24-23-50-22-21-49-20-6-7-33-12-16-39(17-13-33)53-45(48)46-30-34-27-35(31-46)29-36(28-34)32-46/h2-5,8-19,34-36H,6-7,20-32H2,1H3/q+1. The normalized spacial score (nSPS) is 21.7. The molecule has 4 fully saturated rings. The molecule has 276 valence electrons. The third kappa shape index (κ3) is 8.13. The second-order valence-electron chi connectivity index (χ2n) is 15.5. The fourth-order valence-corrected chi connectivity index (χ4v) is 9.70. The molecule has 4 bridgehead atoms. The van der Waals surface area contributed by atoms with Gasteiger partial charge in [-0.25, -0.2) is 0 Å². The predicted octanol–water partition coefficient (Wildman–Crippen LogP) is 8.67. The van der Waals surface area contributed by atoms with Crippen LogP contribution in [0.3, 0.4) is 0 Å². The zero-order valence-corrected chi connectivity index (χ0v) is 31.0. The van der Waals surface area contributed by atoms with Crippen LogP contribution in [0.2, 0.25) is 0 Å². The molecule has 4 aromatic carbocycles. The zero-order valence-electron chi connectivity index (χ0n) is 31.0. The average molecular weight is 715 g/mol. The Morgan fingerprint density at radius 3 is 1.72 bits per heavy atom. The summed E-state index contributed by atoms with van der Waals surface area (Å²) >= 11 is 0. The van der Waals surface area contributed by atoms with Crippen LogP contribution in [-0.2, 0) is 32.5 Å². The van der Waals surface area contributed by atoms with E-state index in [9.17, 15) is 4.79 Å². The summed E-state index contributed by atoms with van der Waals surface area (Å²) in [6.45, 7) is 3.79. The first-order chi connectivity index (χ1) is 26.0. The summed E-state index contributed by atoms with van der Waals surface area (Å²) in [7, 11) is 2.13. The number of fused-ring (bicyclic) bond motifs is 2. The van der Waals surface area contributed by atoms with E-state index in [1.807, 2.05) is 24.3 Å². The second-order valence-corrected chi connectivity index (χ2v) is 15.5. The number of aromatic nitrogens is 1. The van der Waals surface area contributed by atoms with Crippen LogP contribution in [0.5, 0.6) is 11.5 Å². The minimum absolute atomic E-state index is 0.0133. The molecule has 53 heavy (non-hydrogen) atoms. The lowest BCUT2D eigenvalue weighted by molar-refractivity contribution is -0.617. The predicted molar refractivity (Wildman–Crippen MR) is 207 cm³/mol. The smallest absolute Gasteiger partial charge is 0.317 e. The Kier molecular flexibility index (Phi) is 11.0.